The number of rotatable bonds is 4. The molecule has 5 nitrogen and oxygen atoms in total. The van der Waals surface area contributed by atoms with E-state index in [1.807, 2.05) is 0 Å². The minimum absolute atomic E-state index is 0.257. The van der Waals surface area contributed by atoms with Gasteiger partial charge in [0.2, 0.25) is 0 Å². The van der Waals surface area contributed by atoms with E-state index in [0.717, 1.165) is 0 Å². The summed E-state index contributed by atoms with van der Waals surface area (Å²) in [5, 5.41) is 9.51. The molecule has 2 rings (SSSR count). The number of hydrogen-bond acceptors (Lipinski definition) is 5. The third-order valence-corrected chi connectivity index (χ3v) is 3.43. The number of hydrogen-bond donors (Lipinski definition) is 1. The largest absolute Gasteiger partial charge is 0.465 e. The van der Waals surface area contributed by atoms with E-state index < -0.39 is 11.5 Å². The third-order valence-electron chi connectivity index (χ3n) is 3.43. The summed E-state index contributed by atoms with van der Waals surface area (Å²) in [6.45, 7) is 3.27. The molecule has 1 fully saturated rings. The Bertz CT molecular complexity index is 321. The van der Waals surface area contributed by atoms with Gasteiger partial charge in [-0.05, 0) is 19.8 Å². The molecular formula is C13H20O5. The van der Waals surface area contributed by atoms with Crippen molar-refractivity contribution in [3.63, 3.8) is 0 Å². The van der Waals surface area contributed by atoms with Crippen LogP contribution in [0.15, 0.2) is 12.2 Å². The van der Waals surface area contributed by atoms with Gasteiger partial charge >= 0.3 is 5.97 Å². The standard InChI is InChI=1S/C13H20O5/c1-2-16-12(15)13(5-3-10(14)4-6-13)9-11-17-7-8-18-11/h3,5,10-11,14H,2,4,6-9H2,1H3. The summed E-state index contributed by atoms with van der Waals surface area (Å²) in [5.41, 5.74) is -0.718. The summed E-state index contributed by atoms with van der Waals surface area (Å²) in [4.78, 5) is 12.1. The minimum atomic E-state index is -0.718. The topological polar surface area (TPSA) is 65.0 Å². The fourth-order valence-electron chi connectivity index (χ4n) is 2.40. The zero-order chi connectivity index (χ0) is 13.0. The van der Waals surface area contributed by atoms with Gasteiger partial charge in [0, 0.05) is 6.42 Å². The quantitative estimate of drug-likeness (QED) is 0.600. The fourth-order valence-corrected chi connectivity index (χ4v) is 2.40. The Kier molecular flexibility index (Phi) is 4.37. The van der Waals surface area contributed by atoms with Gasteiger partial charge in [-0.15, -0.1) is 0 Å². The summed E-state index contributed by atoms with van der Waals surface area (Å²) >= 11 is 0. The Labute approximate surface area is 107 Å². The van der Waals surface area contributed by atoms with Gasteiger partial charge in [-0.2, -0.15) is 0 Å². The second-order valence-electron chi connectivity index (χ2n) is 4.72. The Hall–Kier alpha value is -0.910. The first-order valence-corrected chi connectivity index (χ1v) is 6.44. The summed E-state index contributed by atoms with van der Waals surface area (Å²) in [6.07, 6.45) is 4.16. The smallest absolute Gasteiger partial charge is 0.316 e. The summed E-state index contributed by atoms with van der Waals surface area (Å²) < 4.78 is 16.0. The molecule has 0 radical (unpaired) electrons. The van der Waals surface area contributed by atoms with E-state index in [2.05, 4.69) is 0 Å². The molecule has 1 aliphatic heterocycles. The summed E-state index contributed by atoms with van der Waals surface area (Å²) in [6, 6.07) is 0. The van der Waals surface area contributed by atoms with E-state index >= 15 is 0 Å². The molecule has 1 heterocycles. The molecule has 1 aliphatic carbocycles. The normalized spacial score (nSPS) is 32.7. The van der Waals surface area contributed by atoms with Crippen molar-refractivity contribution in [1.29, 1.82) is 0 Å². The van der Waals surface area contributed by atoms with Gasteiger partial charge in [0.1, 0.15) is 0 Å². The molecule has 0 spiro atoms. The molecule has 2 aliphatic rings. The highest BCUT2D eigenvalue weighted by Gasteiger charge is 2.42. The highest BCUT2D eigenvalue weighted by atomic mass is 16.7. The van der Waals surface area contributed by atoms with Gasteiger partial charge in [0.25, 0.3) is 0 Å². The molecule has 0 aromatic rings. The van der Waals surface area contributed by atoms with Crippen molar-refractivity contribution in [2.45, 2.75) is 38.6 Å². The fraction of sp³-hybridized carbons (Fsp3) is 0.769. The van der Waals surface area contributed by atoms with E-state index in [-0.39, 0.29) is 12.3 Å². The van der Waals surface area contributed by atoms with Crippen LogP contribution >= 0.6 is 0 Å². The molecule has 5 heteroatoms. The number of ether oxygens (including phenoxy) is 3. The first-order valence-electron chi connectivity index (χ1n) is 6.44. The van der Waals surface area contributed by atoms with Gasteiger partial charge < -0.3 is 19.3 Å². The minimum Gasteiger partial charge on any atom is -0.465 e. The van der Waals surface area contributed by atoms with E-state index in [4.69, 9.17) is 14.2 Å². The van der Waals surface area contributed by atoms with Crippen molar-refractivity contribution >= 4 is 5.97 Å². The maximum Gasteiger partial charge on any atom is 0.316 e. The molecule has 2 atom stereocenters. The van der Waals surface area contributed by atoms with Crippen LogP contribution in [0.1, 0.15) is 26.2 Å². The van der Waals surface area contributed by atoms with E-state index in [1.54, 1.807) is 19.1 Å². The van der Waals surface area contributed by atoms with Gasteiger partial charge in [0.05, 0.1) is 31.3 Å². The van der Waals surface area contributed by atoms with E-state index in [1.165, 1.54) is 0 Å². The molecule has 102 valence electrons. The molecule has 0 saturated carbocycles. The maximum atomic E-state index is 12.1. The molecule has 1 N–H and O–H groups in total. The van der Waals surface area contributed by atoms with Crippen LogP contribution < -0.4 is 0 Å². The lowest BCUT2D eigenvalue weighted by molar-refractivity contribution is -0.159. The number of carbonyl (C=O) groups excluding carboxylic acids is 1. The van der Waals surface area contributed by atoms with Crippen LogP contribution in [-0.2, 0) is 19.0 Å². The lowest BCUT2D eigenvalue weighted by atomic mass is 9.75. The van der Waals surface area contributed by atoms with Gasteiger partial charge in [0.15, 0.2) is 6.29 Å². The first-order chi connectivity index (χ1) is 8.66. The number of aliphatic hydroxyl groups is 1. The Balaban J connectivity index is 2.11. The Morgan fingerprint density at radius 2 is 2.22 bits per heavy atom. The number of aliphatic hydroxyl groups excluding tert-OH is 1. The maximum absolute atomic E-state index is 12.1. The summed E-state index contributed by atoms with van der Waals surface area (Å²) in [7, 11) is 0. The molecule has 0 bridgehead atoms. The molecule has 1 saturated heterocycles. The first kappa shape index (κ1) is 13.5. The van der Waals surface area contributed by atoms with Crippen LogP contribution in [0.25, 0.3) is 0 Å². The predicted octanol–water partition coefficient (Wildman–Crippen LogP) is 1.01. The molecular weight excluding hydrogens is 236 g/mol. The molecule has 2 unspecified atom stereocenters. The van der Waals surface area contributed by atoms with Gasteiger partial charge in [-0.3, -0.25) is 4.79 Å². The van der Waals surface area contributed by atoms with Gasteiger partial charge in [-0.25, -0.2) is 0 Å². The van der Waals surface area contributed by atoms with Crippen molar-refractivity contribution in [1.82, 2.24) is 0 Å². The Morgan fingerprint density at radius 3 is 2.78 bits per heavy atom. The van der Waals surface area contributed by atoms with E-state index in [9.17, 15) is 9.90 Å². The molecule has 0 amide bonds. The average Bonchev–Trinajstić information content (AvgIpc) is 2.85. The molecule has 18 heavy (non-hydrogen) atoms. The number of esters is 1. The Morgan fingerprint density at radius 1 is 1.50 bits per heavy atom. The highest BCUT2D eigenvalue weighted by Crippen LogP contribution is 2.38. The van der Waals surface area contributed by atoms with Crippen LogP contribution in [0.5, 0.6) is 0 Å². The van der Waals surface area contributed by atoms with Crippen LogP contribution in [0.3, 0.4) is 0 Å². The van der Waals surface area contributed by atoms with Crippen molar-refractivity contribution in [3.8, 4) is 0 Å². The predicted molar refractivity (Wildman–Crippen MR) is 63.8 cm³/mol. The molecule has 0 aromatic carbocycles. The SMILES string of the molecule is CCOC(=O)C1(CC2OCCO2)C=CC(O)CC1. The molecule has 0 aromatic heterocycles. The third kappa shape index (κ3) is 2.91. The summed E-state index contributed by atoms with van der Waals surface area (Å²) in [5.74, 6) is -0.257. The van der Waals surface area contributed by atoms with Crippen molar-refractivity contribution in [2.24, 2.45) is 5.41 Å². The monoisotopic (exact) mass is 256 g/mol. The van der Waals surface area contributed by atoms with E-state index in [0.29, 0.717) is 39.1 Å². The van der Waals surface area contributed by atoms with Crippen molar-refractivity contribution < 1.29 is 24.1 Å². The number of carbonyl (C=O) groups is 1. The lowest BCUT2D eigenvalue weighted by Gasteiger charge is -2.33. The zero-order valence-corrected chi connectivity index (χ0v) is 10.6. The lowest BCUT2D eigenvalue weighted by Crippen LogP contribution is -2.38. The van der Waals surface area contributed by atoms with Crippen LogP contribution in [0.4, 0.5) is 0 Å². The second kappa shape index (κ2) is 5.82. The van der Waals surface area contributed by atoms with Crippen molar-refractivity contribution in [2.75, 3.05) is 19.8 Å². The van der Waals surface area contributed by atoms with Crippen LogP contribution in [0, 0.1) is 5.41 Å². The average molecular weight is 256 g/mol. The van der Waals surface area contributed by atoms with Crippen molar-refractivity contribution in [3.05, 3.63) is 12.2 Å². The highest BCUT2D eigenvalue weighted by molar-refractivity contribution is 5.79. The van der Waals surface area contributed by atoms with Crippen LogP contribution in [-0.4, -0.2) is 43.3 Å². The second-order valence-corrected chi connectivity index (χ2v) is 4.72. The zero-order valence-electron chi connectivity index (χ0n) is 10.6. The van der Waals surface area contributed by atoms with Gasteiger partial charge in [-0.1, -0.05) is 12.2 Å². The van der Waals surface area contributed by atoms with Crippen LogP contribution in [0.2, 0.25) is 0 Å².